The summed E-state index contributed by atoms with van der Waals surface area (Å²) in [5, 5.41) is 4.07. The van der Waals surface area contributed by atoms with Gasteiger partial charge in [-0.2, -0.15) is 4.98 Å². The Kier molecular flexibility index (Phi) is 4.93. The van der Waals surface area contributed by atoms with Crippen molar-refractivity contribution < 1.29 is 4.52 Å². The third kappa shape index (κ3) is 3.76. The van der Waals surface area contributed by atoms with Crippen LogP contribution >= 0.6 is 0 Å². The van der Waals surface area contributed by atoms with Crippen LogP contribution in [-0.4, -0.2) is 34.7 Å². The average molecular weight is 266 g/mol. The van der Waals surface area contributed by atoms with E-state index in [-0.39, 0.29) is 0 Å². The summed E-state index contributed by atoms with van der Waals surface area (Å²) in [5.41, 5.74) is 5.84. The molecule has 19 heavy (non-hydrogen) atoms. The molecular formula is C14H26N4O. The highest BCUT2D eigenvalue weighted by Gasteiger charge is 2.29. The Bertz CT molecular complexity index is 391. The van der Waals surface area contributed by atoms with Gasteiger partial charge in [-0.1, -0.05) is 25.4 Å². The molecule has 2 N–H and O–H groups in total. The highest BCUT2D eigenvalue weighted by molar-refractivity contribution is 4.91. The fraction of sp³-hybridized carbons (Fsp3) is 0.857. The summed E-state index contributed by atoms with van der Waals surface area (Å²) in [4.78, 5) is 6.79. The van der Waals surface area contributed by atoms with E-state index in [2.05, 4.69) is 35.9 Å². The van der Waals surface area contributed by atoms with Crippen LogP contribution in [0.5, 0.6) is 0 Å². The zero-order valence-electron chi connectivity index (χ0n) is 12.3. The van der Waals surface area contributed by atoms with Crippen molar-refractivity contribution in [2.45, 2.75) is 52.1 Å². The Morgan fingerprint density at radius 1 is 1.42 bits per heavy atom. The maximum absolute atomic E-state index is 5.84. The lowest BCUT2D eigenvalue weighted by molar-refractivity contribution is 0.186. The number of nitrogens with zero attached hydrogens (tertiary/aromatic N) is 3. The summed E-state index contributed by atoms with van der Waals surface area (Å²) < 4.78 is 5.28. The lowest BCUT2D eigenvalue weighted by Gasteiger charge is -2.27. The Labute approximate surface area is 115 Å². The summed E-state index contributed by atoms with van der Waals surface area (Å²) in [6, 6.07) is 0.567. The van der Waals surface area contributed by atoms with Crippen LogP contribution in [0.4, 0.5) is 0 Å². The normalized spacial score (nSPS) is 23.7. The summed E-state index contributed by atoms with van der Waals surface area (Å²) in [6.07, 6.45) is 4.61. The maximum atomic E-state index is 5.84. The van der Waals surface area contributed by atoms with Crippen LogP contribution in [-0.2, 0) is 13.0 Å². The van der Waals surface area contributed by atoms with Crippen LogP contribution in [0.25, 0.3) is 0 Å². The zero-order valence-corrected chi connectivity index (χ0v) is 12.3. The Morgan fingerprint density at radius 2 is 2.21 bits per heavy atom. The minimum absolute atomic E-state index is 0.544. The molecule has 108 valence electrons. The van der Waals surface area contributed by atoms with Gasteiger partial charge in [0.05, 0.1) is 6.54 Å². The van der Waals surface area contributed by atoms with Gasteiger partial charge in [0.1, 0.15) is 0 Å². The maximum Gasteiger partial charge on any atom is 0.226 e. The quantitative estimate of drug-likeness (QED) is 0.850. The molecule has 1 fully saturated rings. The first-order chi connectivity index (χ1) is 9.10. The third-order valence-electron chi connectivity index (χ3n) is 3.97. The minimum Gasteiger partial charge on any atom is -0.339 e. The van der Waals surface area contributed by atoms with E-state index in [9.17, 15) is 0 Å². The van der Waals surface area contributed by atoms with Gasteiger partial charge in [-0.15, -0.1) is 0 Å². The molecule has 1 aliphatic rings. The molecule has 0 spiro atoms. The van der Waals surface area contributed by atoms with Crippen molar-refractivity contribution in [3.05, 3.63) is 11.7 Å². The fourth-order valence-corrected chi connectivity index (χ4v) is 3.00. The van der Waals surface area contributed by atoms with Gasteiger partial charge in [0.15, 0.2) is 5.82 Å². The molecule has 5 heteroatoms. The number of hydrogen-bond donors (Lipinski definition) is 1. The van der Waals surface area contributed by atoms with Crippen LogP contribution in [0.15, 0.2) is 4.52 Å². The standard InChI is InChI=1S/C14H26N4O/c1-10(2)7-14-16-13(17-19-14)9-18(3)12-6-4-5-11(12)8-15/h10-12H,4-9,15H2,1-3H3. The van der Waals surface area contributed by atoms with Gasteiger partial charge < -0.3 is 10.3 Å². The molecule has 1 heterocycles. The van der Waals surface area contributed by atoms with E-state index >= 15 is 0 Å². The molecular weight excluding hydrogens is 240 g/mol. The van der Waals surface area contributed by atoms with E-state index in [0.717, 1.165) is 31.2 Å². The fourth-order valence-electron chi connectivity index (χ4n) is 3.00. The summed E-state index contributed by atoms with van der Waals surface area (Å²) >= 11 is 0. The second-order valence-electron chi connectivity index (χ2n) is 6.11. The molecule has 0 aliphatic heterocycles. The second-order valence-corrected chi connectivity index (χ2v) is 6.11. The van der Waals surface area contributed by atoms with Crippen molar-refractivity contribution in [3.63, 3.8) is 0 Å². The highest BCUT2D eigenvalue weighted by Crippen LogP contribution is 2.29. The second kappa shape index (κ2) is 6.48. The number of aromatic nitrogens is 2. The molecule has 5 nitrogen and oxygen atoms in total. The zero-order chi connectivity index (χ0) is 13.8. The van der Waals surface area contributed by atoms with Crippen LogP contribution in [0.2, 0.25) is 0 Å². The smallest absolute Gasteiger partial charge is 0.226 e. The first kappa shape index (κ1) is 14.5. The lowest BCUT2D eigenvalue weighted by Crippen LogP contribution is -2.37. The van der Waals surface area contributed by atoms with Crippen molar-refractivity contribution in [2.75, 3.05) is 13.6 Å². The SMILES string of the molecule is CC(C)Cc1nc(CN(C)C2CCCC2CN)no1. The minimum atomic E-state index is 0.544. The first-order valence-corrected chi connectivity index (χ1v) is 7.32. The van der Waals surface area contributed by atoms with Gasteiger partial charge >= 0.3 is 0 Å². The predicted molar refractivity (Wildman–Crippen MR) is 74.5 cm³/mol. The van der Waals surface area contributed by atoms with Gasteiger partial charge in [-0.05, 0) is 38.3 Å². The van der Waals surface area contributed by atoms with E-state index in [1.165, 1.54) is 19.3 Å². The van der Waals surface area contributed by atoms with E-state index in [1.807, 2.05) is 0 Å². The third-order valence-corrected chi connectivity index (χ3v) is 3.97. The van der Waals surface area contributed by atoms with Crippen LogP contribution in [0.3, 0.4) is 0 Å². The molecule has 1 aromatic rings. The molecule has 0 radical (unpaired) electrons. The van der Waals surface area contributed by atoms with Crippen molar-refractivity contribution in [2.24, 2.45) is 17.6 Å². The topological polar surface area (TPSA) is 68.2 Å². The van der Waals surface area contributed by atoms with E-state index in [0.29, 0.717) is 17.9 Å². The molecule has 0 bridgehead atoms. The lowest BCUT2D eigenvalue weighted by atomic mass is 10.0. The molecule has 0 amide bonds. The van der Waals surface area contributed by atoms with Gasteiger partial charge in [0.2, 0.25) is 5.89 Å². The van der Waals surface area contributed by atoms with E-state index < -0.39 is 0 Å². The monoisotopic (exact) mass is 266 g/mol. The van der Waals surface area contributed by atoms with Crippen LogP contribution in [0, 0.1) is 11.8 Å². The molecule has 0 saturated heterocycles. The van der Waals surface area contributed by atoms with Crippen molar-refractivity contribution in [1.29, 1.82) is 0 Å². The van der Waals surface area contributed by atoms with Crippen LogP contribution < -0.4 is 5.73 Å². The highest BCUT2D eigenvalue weighted by atomic mass is 16.5. The Hall–Kier alpha value is -0.940. The summed E-state index contributed by atoms with van der Waals surface area (Å²) in [7, 11) is 2.14. The molecule has 1 saturated carbocycles. The van der Waals surface area contributed by atoms with Gasteiger partial charge in [-0.25, -0.2) is 0 Å². The van der Waals surface area contributed by atoms with Gasteiger partial charge in [-0.3, -0.25) is 4.90 Å². The first-order valence-electron chi connectivity index (χ1n) is 7.32. The Morgan fingerprint density at radius 3 is 2.89 bits per heavy atom. The molecule has 2 atom stereocenters. The molecule has 0 aromatic carbocycles. The number of nitrogens with two attached hydrogens (primary N) is 1. The van der Waals surface area contributed by atoms with Crippen molar-refractivity contribution in [3.8, 4) is 0 Å². The number of hydrogen-bond acceptors (Lipinski definition) is 5. The van der Waals surface area contributed by atoms with Crippen molar-refractivity contribution >= 4 is 0 Å². The van der Waals surface area contributed by atoms with E-state index in [1.54, 1.807) is 0 Å². The van der Waals surface area contributed by atoms with Crippen LogP contribution in [0.1, 0.15) is 44.8 Å². The Balaban J connectivity index is 1.91. The molecule has 2 unspecified atom stereocenters. The largest absolute Gasteiger partial charge is 0.339 e. The van der Waals surface area contributed by atoms with Crippen molar-refractivity contribution in [1.82, 2.24) is 15.0 Å². The summed E-state index contributed by atoms with van der Waals surface area (Å²) in [5.74, 6) is 2.70. The molecule has 1 aromatic heterocycles. The number of rotatable bonds is 6. The molecule has 1 aliphatic carbocycles. The van der Waals surface area contributed by atoms with E-state index in [4.69, 9.17) is 10.3 Å². The summed E-state index contributed by atoms with van der Waals surface area (Å²) in [6.45, 7) is 5.84. The van der Waals surface area contributed by atoms with Gasteiger partial charge in [0, 0.05) is 12.5 Å². The average Bonchev–Trinajstić information content (AvgIpc) is 2.96. The molecule has 2 rings (SSSR count). The predicted octanol–water partition coefficient (Wildman–Crippen LogP) is 1.83. The van der Waals surface area contributed by atoms with Gasteiger partial charge in [0.25, 0.3) is 0 Å².